The van der Waals surface area contributed by atoms with Crippen LogP contribution in [0.3, 0.4) is 0 Å². The molecule has 0 radical (unpaired) electrons. The normalized spacial score (nSPS) is 10.7. The molecule has 1 aromatic carbocycles. The molecule has 100 valence electrons. The van der Waals surface area contributed by atoms with Crippen LogP contribution < -0.4 is 11.1 Å². The average Bonchev–Trinajstić information content (AvgIpc) is 2.45. The maximum absolute atomic E-state index is 13.7. The van der Waals surface area contributed by atoms with Gasteiger partial charge in [0.2, 0.25) is 0 Å². The molecule has 0 saturated heterocycles. The lowest BCUT2D eigenvalue weighted by atomic mass is 10.1. The monoisotopic (exact) mass is 272 g/mol. The van der Waals surface area contributed by atoms with Gasteiger partial charge >= 0.3 is 0 Å². The number of rotatable bonds is 2. The SMILES string of the molecule is Nc1nc(Nc2cccc3cnccc23)c(F)cc1F. The number of nitrogens with zero attached hydrogens (tertiary/aromatic N) is 2. The lowest BCUT2D eigenvalue weighted by molar-refractivity contribution is 0.581. The van der Waals surface area contributed by atoms with E-state index < -0.39 is 11.6 Å². The summed E-state index contributed by atoms with van der Waals surface area (Å²) in [5, 5.41) is 4.57. The highest BCUT2D eigenvalue weighted by Gasteiger charge is 2.11. The van der Waals surface area contributed by atoms with Crippen LogP contribution in [-0.2, 0) is 0 Å². The van der Waals surface area contributed by atoms with Crippen molar-refractivity contribution in [3.05, 3.63) is 54.4 Å². The summed E-state index contributed by atoms with van der Waals surface area (Å²) < 4.78 is 26.8. The number of anilines is 3. The Morgan fingerprint density at radius 1 is 1.10 bits per heavy atom. The molecule has 3 N–H and O–H groups in total. The zero-order valence-corrected chi connectivity index (χ0v) is 10.3. The first-order valence-electron chi connectivity index (χ1n) is 5.86. The van der Waals surface area contributed by atoms with E-state index in [-0.39, 0.29) is 11.6 Å². The van der Waals surface area contributed by atoms with Gasteiger partial charge in [-0.3, -0.25) is 4.98 Å². The summed E-state index contributed by atoms with van der Waals surface area (Å²) in [6, 6.07) is 7.95. The fraction of sp³-hybridized carbons (Fsp3) is 0. The standard InChI is InChI=1S/C14H10F2N4/c15-10-6-11(16)14(20-13(10)17)19-12-3-1-2-8-7-18-5-4-9(8)12/h1-7H,(H3,17,19,20). The molecule has 0 aliphatic heterocycles. The van der Waals surface area contributed by atoms with Gasteiger partial charge < -0.3 is 11.1 Å². The maximum Gasteiger partial charge on any atom is 0.169 e. The van der Waals surface area contributed by atoms with Crippen molar-refractivity contribution < 1.29 is 8.78 Å². The molecule has 6 heteroatoms. The Morgan fingerprint density at radius 3 is 2.80 bits per heavy atom. The first kappa shape index (κ1) is 12.3. The minimum absolute atomic E-state index is 0.117. The number of fused-ring (bicyclic) bond motifs is 1. The number of hydrogen-bond acceptors (Lipinski definition) is 4. The van der Waals surface area contributed by atoms with Crippen LogP contribution in [0.5, 0.6) is 0 Å². The van der Waals surface area contributed by atoms with E-state index in [2.05, 4.69) is 15.3 Å². The number of halogens is 2. The Bertz CT molecular complexity index is 784. The third-order valence-electron chi connectivity index (χ3n) is 2.89. The lowest BCUT2D eigenvalue weighted by Crippen LogP contribution is -2.03. The van der Waals surface area contributed by atoms with E-state index in [9.17, 15) is 8.78 Å². The highest BCUT2D eigenvalue weighted by atomic mass is 19.1. The van der Waals surface area contributed by atoms with Gasteiger partial charge in [0.1, 0.15) is 0 Å². The minimum Gasteiger partial charge on any atom is -0.381 e. The summed E-state index contributed by atoms with van der Waals surface area (Å²) in [5.41, 5.74) is 5.99. The molecule has 0 amide bonds. The number of benzene rings is 1. The van der Waals surface area contributed by atoms with Crippen molar-refractivity contribution >= 4 is 28.1 Å². The molecule has 0 bridgehead atoms. The molecule has 0 fully saturated rings. The fourth-order valence-electron chi connectivity index (χ4n) is 1.93. The van der Waals surface area contributed by atoms with Crippen LogP contribution in [0, 0.1) is 11.6 Å². The summed E-state index contributed by atoms with van der Waals surface area (Å²) in [6.45, 7) is 0. The second-order valence-electron chi connectivity index (χ2n) is 4.21. The largest absolute Gasteiger partial charge is 0.381 e. The first-order valence-corrected chi connectivity index (χ1v) is 5.86. The number of pyridine rings is 2. The molecule has 4 nitrogen and oxygen atoms in total. The Hall–Kier alpha value is -2.76. The summed E-state index contributed by atoms with van der Waals surface area (Å²) in [6.07, 6.45) is 3.33. The zero-order valence-electron chi connectivity index (χ0n) is 10.3. The molecule has 2 aromatic heterocycles. The van der Waals surface area contributed by atoms with Gasteiger partial charge in [0, 0.05) is 34.9 Å². The van der Waals surface area contributed by atoms with Crippen molar-refractivity contribution in [2.45, 2.75) is 0 Å². The summed E-state index contributed by atoms with van der Waals surface area (Å²) in [4.78, 5) is 7.69. The molecule has 0 aliphatic rings. The van der Waals surface area contributed by atoms with E-state index in [1.54, 1.807) is 30.6 Å². The predicted octanol–water partition coefficient (Wildman–Crippen LogP) is 3.23. The summed E-state index contributed by atoms with van der Waals surface area (Å²) in [7, 11) is 0. The van der Waals surface area contributed by atoms with E-state index >= 15 is 0 Å². The topological polar surface area (TPSA) is 63.8 Å². The van der Waals surface area contributed by atoms with Crippen LogP contribution in [0.2, 0.25) is 0 Å². The van der Waals surface area contributed by atoms with Crippen LogP contribution >= 0.6 is 0 Å². The Labute approximate surface area is 113 Å². The van der Waals surface area contributed by atoms with Gasteiger partial charge in [-0.1, -0.05) is 12.1 Å². The number of hydrogen-bond donors (Lipinski definition) is 2. The Balaban J connectivity index is 2.08. The molecular formula is C14H10F2N4. The third-order valence-corrected chi connectivity index (χ3v) is 2.89. The van der Waals surface area contributed by atoms with E-state index in [0.717, 1.165) is 10.8 Å². The highest BCUT2D eigenvalue weighted by Crippen LogP contribution is 2.27. The van der Waals surface area contributed by atoms with Gasteiger partial charge in [0.25, 0.3) is 0 Å². The molecule has 0 saturated carbocycles. The van der Waals surface area contributed by atoms with Crippen molar-refractivity contribution in [2.24, 2.45) is 0 Å². The number of nitrogens with one attached hydrogen (secondary N) is 1. The van der Waals surface area contributed by atoms with Crippen molar-refractivity contribution in [2.75, 3.05) is 11.1 Å². The van der Waals surface area contributed by atoms with E-state index in [1.807, 2.05) is 6.07 Å². The maximum atomic E-state index is 13.7. The number of aromatic nitrogens is 2. The second kappa shape index (κ2) is 4.73. The molecule has 0 spiro atoms. The minimum atomic E-state index is -0.879. The zero-order chi connectivity index (χ0) is 14.1. The molecular weight excluding hydrogens is 262 g/mol. The van der Waals surface area contributed by atoms with Gasteiger partial charge in [0.15, 0.2) is 23.3 Å². The number of nitrogens with two attached hydrogens (primary N) is 1. The molecule has 3 aromatic rings. The van der Waals surface area contributed by atoms with Crippen molar-refractivity contribution in [1.82, 2.24) is 9.97 Å². The Morgan fingerprint density at radius 2 is 1.95 bits per heavy atom. The third kappa shape index (κ3) is 2.11. The smallest absolute Gasteiger partial charge is 0.169 e. The fourth-order valence-corrected chi connectivity index (χ4v) is 1.93. The van der Waals surface area contributed by atoms with Crippen molar-refractivity contribution in [3.8, 4) is 0 Å². The number of nitrogen functional groups attached to an aromatic ring is 1. The summed E-state index contributed by atoms with van der Waals surface area (Å²) in [5.74, 6) is -2.15. The molecule has 3 rings (SSSR count). The van der Waals surface area contributed by atoms with Crippen LogP contribution in [0.1, 0.15) is 0 Å². The van der Waals surface area contributed by atoms with E-state index in [0.29, 0.717) is 11.8 Å². The second-order valence-corrected chi connectivity index (χ2v) is 4.21. The summed E-state index contributed by atoms with van der Waals surface area (Å²) >= 11 is 0. The molecule has 20 heavy (non-hydrogen) atoms. The van der Waals surface area contributed by atoms with Gasteiger partial charge in [-0.15, -0.1) is 0 Å². The van der Waals surface area contributed by atoms with E-state index in [4.69, 9.17) is 5.73 Å². The van der Waals surface area contributed by atoms with Crippen molar-refractivity contribution in [1.29, 1.82) is 0 Å². The predicted molar refractivity (Wildman–Crippen MR) is 73.6 cm³/mol. The quantitative estimate of drug-likeness (QED) is 0.751. The molecule has 0 unspecified atom stereocenters. The lowest BCUT2D eigenvalue weighted by Gasteiger charge is -2.10. The molecule has 2 heterocycles. The van der Waals surface area contributed by atoms with E-state index in [1.165, 1.54) is 0 Å². The van der Waals surface area contributed by atoms with Gasteiger partial charge in [0.05, 0.1) is 0 Å². The van der Waals surface area contributed by atoms with Crippen LogP contribution in [-0.4, -0.2) is 9.97 Å². The average molecular weight is 272 g/mol. The first-order chi connectivity index (χ1) is 9.65. The Kier molecular flexibility index (Phi) is 2.90. The van der Waals surface area contributed by atoms with Crippen molar-refractivity contribution in [3.63, 3.8) is 0 Å². The van der Waals surface area contributed by atoms with Gasteiger partial charge in [-0.05, 0) is 12.1 Å². The molecule has 0 aliphatic carbocycles. The van der Waals surface area contributed by atoms with Crippen LogP contribution in [0.15, 0.2) is 42.7 Å². The molecule has 0 atom stereocenters. The van der Waals surface area contributed by atoms with Crippen LogP contribution in [0.25, 0.3) is 10.8 Å². The van der Waals surface area contributed by atoms with Gasteiger partial charge in [-0.2, -0.15) is 0 Å². The van der Waals surface area contributed by atoms with Crippen LogP contribution in [0.4, 0.5) is 26.1 Å². The highest BCUT2D eigenvalue weighted by molar-refractivity contribution is 5.94. The van der Waals surface area contributed by atoms with Gasteiger partial charge in [-0.25, -0.2) is 13.8 Å².